The van der Waals surface area contributed by atoms with E-state index in [-0.39, 0.29) is 0 Å². The summed E-state index contributed by atoms with van der Waals surface area (Å²) in [7, 11) is 0. The zero-order chi connectivity index (χ0) is 45.7. The van der Waals surface area contributed by atoms with Crippen LogP contribution in [0.1, 0.15) is 22.3 Å². The maximum absolute atomic E-state index is 6.73. The van der Waals surface area contributed by atoms with Crippen LogP contribution in [-0.2, 0) is 5.41 Å². The van der Waals surface area contributed by atoms with Gasteiger partial charge in [0.2, 0.25) is 0 Å². The number of hydrogen-bond donors (Lipinski definition) is 0. The second-order valence-electron chi connectivity index (χ2n) is 17.9. The summed E-state index contributed by atoms with van der Waals surface area (Å²) in [5.41, 5.74) is 21.7. The fourth-order valence-corrected chi connectivity index (χ4v) is 11.2. The Kier molecular flexibility index (Phi) is 9.77. The lowest BCUT2D eigenvalue weighted by atomic mass is 9.66. The highest BCUT2D eigenvalue weighted by molar-refractivity contribution is 5.98. The quantitative estimate of drug-likeness (QED) is 0.151. The highest BCUT2D eigenvalue weighted by atomic mass is 16.5. The molecule has 11 aromatic rings. The van der Waals surface area contributed by atoms with E-state index < -0.39 is 5.41 Å². The average Bonchev–Trinajstić information content (AvgIpc) is 3.71. The second-order valence-corrected chi connectivity index (χ2v) is 17.9. The van der Waals surface area contributed by atoms with E-state index in [0.29, 0.717) is 0 Å². The first-order chi connectivity index (χ1) is 34.3. The number of hydrogen-bond acceptors (Lipinski definition) is 2. The third kappa shape index (κ3) is 6.56. The Balaban J connectivity index is 1.04. The first kappa shape index (κ1) is 40.3. The smallest absolute Gasteiger partial charge is 0.132 e. The zero-order valence-electron chi connectivity index (χ0n) is 37.8. The van der Waals surface area contributed by atoms with Gasteiger partial charge < -0.3 is 9.64 Å². The van der Waals surface area contributed by atoms with Crippen molar-refractivity contribution in [1.29, 1.82) is 0 Å². The number of benzene rings is 11. The van der Waals surface area contributed by atoms with Crippen LogP contribution in [0.5, 0.6) is 11.5 Å². The van der Waals surface area contributed by atoms with Crippen molar-refractivity contribution < 1.29 is 4.74 Å². The summed E-state index contributed by atoms with van der Waals surface area (Å²) in [4.78, 5) is 2.47. The van der Waals surface area contributed by atoms with E-state index in [0.717, 1.165) is 56.4 Å². The van der Waals surface area contributed by atoms with E-state index in [2.05, 4.69) is 278 Å². The Labute approximate surface area is 403 Å². The molecule has 13 rings (SSSR count). The van der Waals surface area contributed by atoms with Crippen LogP contribution in [0.25, 0.3) is 66.8 Å². The number of para-hydroxylation sites is 3. The summed E-state index contributed by atoms with van der Waals surface area (Å²) >= 11 is 0. The molecule has 2 nitrogen and oxygen atoms in total. The molecule has 0 saturated carbocycles. The molecule has 0 bridgehead atoms. The summed E-state index contributed by atoms with van der Waals surface area (Å²) < 4.78 is 6.73. The molecule has 1 heterocycles. The molecular weight excluding hydrogens is 835 g/mol. The Hall–Kier alpha value is -8.98. The molecule has 2 aliphatic rings. The van der Waals surface area contributed by atoms with Gasteiger partial charge in [-0.3, -0.25) is 0 Å². The average molecular weight is 880 g/mol. The van der Waals surface area contributed by atoms with Crippen molar-refractivity contribution in [2.45, 2.75) is 5.41 Å². The number of fused-ring (bicyclic) bond motifs is 9. The van der Waals surface area contributed by atoms with Gasteiger partial charge in [-0.15, -0.1) is 0 Å². The molecule has 0 aromatic heterocycles. The van der Waals surface area contributed by atoms with Crippen molar-refractivity contribution in [2.24, 2.45) is 0 Å². The van der Waals surface area contributed by atoms with Gasteiger partial charge in [0, 0.05) is 28.1 Å². The molecule has 69 heavy (non-hydrogen) atoms. The molecule has 1 aliphatic heterocycles. The lowest BCUT2D eigenvalue weighted by Crippen LogP contribution is -2.32. The molecule has 0 radical (unpaired) electrons. The van der Waals surface area contributed by atoms with Crippen LogP contribution in [0.4, 0.5) is 17.1 Å². The van der Waals surface area contributed by atoms with E-state index in [1.165, 1.54) is 61.2 Å². The largest absolute Gasteiger partial charge is 0.457 e. The zero-order valence-corrected chi connectivity index (χ0v) is 37.8. The maximum atomic E-state index is 6.73. The molecule has 324 valence electrons. The lowest BCUT2D eigenvalue weighted by molar-refractivity contribution is 0.436. The van der Waals surface area contributed by atoms with Crippen LogP contribution < -0.4 is 9.64 Å². The van der Waals surface area contributed by atoms with Gasteiger partial charge in [0.25, 0.3) is 0 Å². The minimum atomic E-state index is -0.614. The van der Waals surface area contributed by atoms with Gasteiger partial charge in [-0.05, 0) is 115 Å². The standard InChI is InChI=1S/C67H45NO/c1-3-21-46(22-4-1)51-25-7-8-26-52(51)48-39-41-49(42-40-48)68(64-36-18-14-32-59(64)56-30-12-11-29-55(56)54-28-10-9-27-53(54)47-23-5-2-6-24-47)50-43-44-58-57-31-13-15-33-60(57)67(63(58)45-50)61-34-16-19-37-65(61)69-66-38-20-17-35-62(66)67/h1-45H. The van der Waals surface area contributed by atoms with Gasteiger partial charge in [-0.25, -0.2) is 0 Å². The van der Waals surface area contributed by atoms with Crippen LogP contribution >= 0.6 is 0 Å². The number of nitrogens with zero attached hydrogens (tertiary/aromatic N) is 1. The molecule has 1 aliphatic carbocycles. The molecule has 1 spiro atoms. The predicted molar refractivity (Wildman–Crippen MR) is 286 cm³/mol. The minimum Gasteiger partial charge on any atom is -0.457 e. The van der Waals surface area contributed by atoms with Crippen molar-refractivity contribution in [2.75, 3.05) is 4.90 Å². The van der Waals surface area contributed by atoms with Crippen LogP contribution in [0.15, 0.2) is 273 Å². The Bertz CT molecular complexity index is 3660. The number of rotatable bonds is 8. The third-order valence-corrected chi connectivity index (χ3v) is 14.2. The molecule has 0 N–H and O–H groups in total. The SMILES string of the molecule is c1ccc(-c2ccccc2-c2ccc(N(c3ccc4c(c3)C3(c5ccccc5Oc5ccccc53)c3ccccc3-4)c3ccccc3-c3ccccc3-c3ccccc3-c3ccccc3)cc2)cc1. The number of ether oxygens (including phenoxy) is 1. The molecule has 11 aromatic carbocycles. The Morgan fingerprint density at radius 3 is 1.20 bits per heavy atom. The molecule has 0 atom stereocenters. The topological polar surface area (TPSA) is 12.5 Å². The lowest BCUT2D eigenvalue weighted by Gasteiger charge is -2.39. The van der Waals surface area contributed by atoms with Gasteiger partial charge in [0.1, 0.15) is 11.5 Å². The van der Waals surface area contributed by atoms with Crippen LogP contribution in [0.3, 0.4) is 0 Å². The molecule has 0 unspecified atom stereocenters. The predicted octanol–water partition coefficient (Wildman–Crippen LogP) is 18.0. The van der Waals surface area contributed by atoms with Crippen molar-refractivity contribution in [3.8, 4) is 78.3 Å². The van der Waals surface area contributed by atoms with Gasteiger partial charge in [-0.2, -0.15) is 0 Å². The van der Waals surface area contributed by atoms with Crippen molar-refractivity contribution >= 4 is 17.1 Å². The number of anilines is 3. The summed E-state index contributed by atoms with van der Waals surface area (Å²) in [6, 6.07) is 99.1. The Morgan fingerprint density at radius 2 is 0.623 bits per heavy atom. The van der Waals surface area contributed by atoms with E-state index in [1.807, 2.05) is 0 Å². The summed E-state index contributed by atoms with van der Waals surface area (Å²) in [6.07, 6.45) is 0. The van der Waals surface area contributed by atoms with E-state index in [4.69, 9.17) is 4.74 Å². The molecule has 0 saturated heterocycles. The van der Waals surface area contributed by atoms with Gasteiger partial charge in [0.05, 0.1) is 11.1 Å². The maximum Gasteiger partial charge on any atom is 0.132 e. The summed E-state index contributed by atoms with van der Waals surface area (Å²) in [5.74, 6) is 1.76. The first-order valence-electron chi connectivity index (χ1n) is 23.8. The summed E-state index contributed by atoms with van der Waals surface area (Å²) in [5, 5.41) is 0. The highest BCUT2D eigenvalue weighted by Gasteiger charge is 2.51. The van der Waals surface area contributed by atoms with Crippen LogP contribution in [-0.4, -0.2) is 0 Å². The monoisotopic (exact) mass is 879 g/mol. The fraction of sp³-hybridized carbons (Fsp3) is 0.0149. The molecule has 2 heteroatoms. The Morgan fingerprint density at radius 1 is 0.246 bits per heavy atom. The summed E-state index contributed by atoms with van der Waals surface area (Å²) in [6.45, 7) is 0. The molecule has 0 fully saturated rings. The normalized spacial score (nSPS) is 12.6. The second kappa shape index (κ2) is 16.7. The van der Waals surface area contributed by atoms with Gasteiger partial charge in [-0.1, -0.05) is 231 Å². The highest BCUT2D eigenvalue weighted by Crippen LogP contribution is 2.63. The minimum absolute atomic E-state index is 0.614. The first-order valence-corrected chi connectivity index (χ1v) is 23.8. The fourth-order valence-electron chi connectivity index (χ4n) is 11.2. The van der Waals surface area contributed by atoms with Gasteiger partial charge in [0.15, 0.2) is 0 Å². The molecular formula is C67H45NO. The van der Waals surface area contributed by atoms with Gasteiger partial charge >= 0.3 is 0 Å². The van der Waals surface area contributed by atoms with Crippen molar-refractivity contribution in [3.05, 3.63) is 295 Å². The molecule has 0 amide bonds. The van der Waals surface area contributed by atoms with Crippen LogP contribution in [0, 0.1) is 0 Å². The van der Waals surface area contributed by atoms with Crippen LogP contribution in [0.2, 0.25) is 0 Å². The van der Waals surface area contributed by atoms with E-state index in [9.17, 15) is 0 Å². The van der Waals surface area contributed by atoms with Crippen molar-refractivity contribution in [1.82, 2.24) is 0 Å². The van der Waals surface area contributed by atoms with E-state index >= 15 is 0 Å². The van der Waals surface area contributed by atoms with E-state index in [1.54, 1.807) is 0 Å². The third-order valence-electron chi connectivity index (χ3n) is 14.2. The van der Waals surface area contributed by atoms with Crippen molar-refractivity contribution in [3.63, 3.8) is 0 Å².